The number of carbonyl (C=O) groups excluding carboxylic acids is 1. The molecule has 1 aliphatic rings. The van der Waals surface area contributed by atoms with E-state index in [-0.39, 0.29) is 17.4 Å². The van der Waals surface area contributed by atoms with Gasteiger partial charge < -0.3 is 18.7 Å². The number of likely N-dealkylation sites (tertiary alicyclic amines) is 1. The van der Waals surface area contributed by atoms with Gasteiger partial charge in [-0.15, -0.1) is 0 Å². The molecule has 1 saturated heterocycles. The molecule has 0 unspecified atom stereocenters. The molecule has 25 heavy (non-hydrogen) atoms. The zero-order chi connectivity index (χ0) is 17.8. The Kier molecular flexibility index (Phi) is 5.28. The fourth-order valence-corrected chi connectivity index (χ4v) is 3.01. The lowest BCUT2D eigenvalue weighted by molar-refractivity contribution is 0.0703. The highest BCUT2D eigenvalue weighted by Gasteiger charge is 2.27. The van der Waals surface area contributed by atoms with Crippen LogP contribution < -0.4 is 5.56 Å². The van der Waals surface area contributed by atoms with Gasteiger partial charge in [0.05, 0.1) is 12.2 Å². The highest BCUT2D eigenvalue weighted by molar-refractivity contribution is 5.94. The van der Waals surface area contributed by atoms with Crippen molar-refractivity contribution in [1.29, 1.82) is 0 Å². The van der Waals surface area contributed by atoms with Crippen molar-refractivity contribution in [3.8, 4) is 0 Å². The van der Waals surface area contributed by atoms with Gasteiger partial charge in [-0.25, -0.2) is 0 Å². The van der Waals surface area contributed by atoms with Crippen LogP contribution in [-0.4, -0.2) is 52.3 Å². The molecule has 1 aliphatic heterocycles. The molecule has 1 fully saturated rings. The second kappa shape index (κ2) is 7.60. The summed E-state index contributed by atoms with van der Waals surface area (Å²) in [5.74, 6) is 1.41. The molecule has 0 radical (unpaired) electrons. The van der Waals surface area contributed by atoms with E-state index >= 15 is 0 Å². The lowest BCUT2D eigenvalue weighted by atomic mass is 9.96. The van der Waals surface area contributed by atoms with Gasteiger partial charge in [0.2, 0.25) is 5.89 Å². The molecule has 3 heterocycles. The fourth-order valence-electron chi connectivity index (χ4n) is 3.01. The van der Waals surface area contributed by atoms with Crippen molar-refractivity contribution in [2.45, 2.75) is 32.2 Å². The normalized spacial score (nSPS) is 15.5. The van der Waals surface area contributed by atoms with Crippen LogP contribution in [0.4, 0.5) is 0 Å². The van der Waals surface area contributed by atoms with Crippen LogP contribution in [0.1, 0.15) is 40.8 Å². The number of amides is 1. The summed E-state index contributed by atoms with van der Waals surface area (Å²) < 4.78 is 11.7. The number of aryl methyl sites for hydroxylation is 1. The first-order valence-electron chi connectivity index (χ1n) is 8.37. The zero-order valence-electron chi connectivity index (χ0n) is 14.5. The van der Waals surface area contributed by atoms with E-state index in [4.69, 9.17) is 9.26 Å². The number of pyridine rings is 1. The number of hydrogen-bond donors (Lipinski definition) is 0. The van der Waals surface area contributed by atoms with Crippen LogP contribution in [0.15, 0.2) is 27.6 Å². The molecule has 0 bridgehead atoms. The SMILES string of the molecule is COCCn1cc(C(=O)N2CCC(c3nc(C)no3)CC2)ccc1=O. The van der Waals surface area contributed by atoms with E-state index in [1.165, 1.54) is 10.6 Å². The zero-order valence-corrected chi connectivity index (χ0v) is 14.5. The molecule has 8 heteroatoms. The first-order chi connectivity index (χ1) is 12.1. The second-order valence-corrected chi connectivity index (χ2v) is 6.19. The molecule has 0 spiro atoms. The van der Waals surface area contributed by atoms with Gasteiger partial charge in [0.15, 0.2) is 5.82 Å². The molecule has 8 nitrogen and oxygen atoms in total. The fraction of sp³-hybridized carbons (Fsp3) is 0.529. The predicted molar refractivity (Wildman–Crippen MR) is 89.5 cm³/mol. The van der Waals surface area contributed by atoms with Crippen molar-refractivity contribution < 1.29 is 14.1 Å². The van der Waals surface area contributed by atoms with Crippen molar-refractivity contribution in [3.63, 3.8) is 0 Å². The highest BCUT2D eigenvalue weighted by atomic mass is 16.5. The first kappa shape index (κ1) is 17.3. The number of hydrogen-bond acceptors (Lipinski definition) is 6. The lowest BCUT2D eigenvalue weighted by Crippen LogP contribution is -2.38. The van der Waals surface area contributed by atoms with Crippen molar-refractivity contribution in [3.05, 3.63) is 46.0 Å². The number of rotatable bonds is 5. The molecular formula is C17H22N4O4. The summed E-state index contributed by atoms with van der Waals surface area (Å²) in [4.78, 5) is 30.6. The highest BCUT2D eigenvalue weighted by Crippen LogP contribution is 2.27. The Morgan fingerprint density at radius 1 is 1.36 bits per heavy atom. The number of ether oxygens (including phenoxy) is 1. The second-order valence-electron chi connectivity index (χ2n) is 6.19. The molecule has 1 amide bonds. The summed E-state index contributed by atoms with van der Waals surface area (Å²) in [6, 6.07) is 3.01. The maximum Gasteiger partial charge on any atom is 0.255 e. The van der Waals surface area contributed by atoms with Gasteiger partial charge in [-0.05, 0) is 25.8 Å². The summed E-state index contributed by atoms with van der Waals surface area (Å²) in [6.07, 6.45) is 3.19. The standard InChI is InChI=1S/C17H22N4O4/c1-12-18-16(25-19-12)13-5-7-20(8-6-13)17(23)14-3-4-15(22)21(11-14)9-10-24-2/h3-4,11,13H,5-10H2,1-2H3. The molecule has 0 aliphatic carbocycles. The van der Waals surface area contributed by atoms with Crippen molar-refractivity contribution in [2.24, 2.45) is 0 Å². The molecule has 0 N–H and O–H groups in total. The smallest absolute Gasteiger partial charge is 0.255 e. The van der Waals surface area contributed by atoms with E-state index < -0.39 is 0 Å². The molecule has 134 valence electrons. The first-order valence-corrected chi connectivity index (χ1v) is 8.37. The van der Waals surface area contributed by atoms with Crippen molar-refractivity contribution in [1.82, 2.24) is 19.6 Å². The molecule has 0 aromatic carbocycles. The quantitative estimate of drug-likeness (QED) is 0.808. The molecule has 0 saturated carbocycles. The van der Waals surface area contributed by atoms with Gasteiger partial charge in [0.1, 0.15) is 0 Å². The van der Waals surface area contributed by atoms with Crippen LogP contribution in [0.25, 0.3) is 0 Å². The van der Waals surface area contributed by atoms with Crippen molar-refractivity contribution >= 4 is 5.91 Å². The summed E-state index contributed by atoms with van der Waals surface area (Å²) in [5, 5.41) is 3.83. The van der Waals surface area contributed by atoms with E-state index in [0.29, 0.717) is 43.5 Å². The minimum Gasteiger partial charge on any atom is -0.383 e. The van der Waals surface area contributed by atoms with Gasteiger partial charge in [-0.3, -0.25) is 9.59 Å². The third-order valence-electron chi connectivity index (χ3n) is 4.44. The van der Waals surface area contributed by atoms with E-state index in [9.17, 15) is 9.59 Å². The Morgan fingerprint density at radius 3 is 2.76 bits per heavy atom. The number of nitrogens with zero attached hydrogens (tertiary/aromatic N) is 4. The molecular weight excluding hydrogens is 324 g/mol. The Morgan fingerprint density at radius 2 is 2.12 bits per heavy atom. The largest absolute Gasteiger partial charge is 0.383 e. The minimum atomic E-state index is -0.140. The summed E-state index contributed by atoms with van der Waals surface area (Å²) in [5.41, 5.74) is 0.377. The third-order valence-corrected chi connectivity index (χ3v) is 4.44. The van der Waals surface area contributed by atoms with E-state index in [0.717, 1.165) is 12.8 Å². The predicted octanol–water partition coefficient (Wildman–Crippen LogP) is 1.21. The van der Waals surface area contributed by atoms with E-state index in [1.807, 2.05) is 0 Å². The third kappa shape index (κ3) is 3.96. The topological polar surface area (TPSA) is 90.5 Å². The molecule has 2 aromatic heterocycles. The average molecular weight is 346 g/mol. The van der Waals surface area contributed by atoms with Gasteiger partial charge >= 0.3 is 0 Å². The van der Waals surface area contributed by atoms with Gasteiger partial charge in [-0.1, -0.05) is 5.16 Å². The van der Waals surface area contributed by atoms with Gasteiger partial charge in [0.25, 0.3) is 11.5 Å². The molecule has 2 aromatic rings. The van der Waals surface area contributed by atoms with E-state index in [2.05, 4.69) is 10.1 Å². The average Bonchev–Trinajstić information content (AvgIpc) is 3.07. The van der Waals surface area contributed by atoms with Crippen LogP contribution in [-0.2, 0) is 11.3 Å². The Bertz CT molecular complexity index is 790. The van der Waals surface area contributed by atoms with Crippen LogP contribution in [0, 0.1) is 6.92 Å². The summed E-state index contributed by atoms with van der Waals surface area (Å²) >= 11 is 0. The lowest BCUT2D eigenvalue weighted by Gasteiger charge is -2.30. The Balaban J connectivity index is 1.65. The van der Waals surface area contributed by atoms with Crippen LogP contribution in [0.5, 0.6) is 0 Å². The molecule has 0 atom stereocenters. The van der Waals surface area contributed by atoms with Crippen LogP contribution in [0.3, 0.4) is 0 Å². The summed E-state index contributed by atoms with van der Waals surface area (Å²) in [7, 11) is 1.58. The maximum atomic E-state index is 12.7. The monoisotopic (exact) mass is 346 g/mol. The Labute approximate surface area is 145 Å². The number of piperidine rings is 1. The van der Waals surface area contributed by atoms with Crippen LogP contribution in [0.2, 0.25) is 0 Å². The number of aromatic nitrogens is 3. The number of methoxy groups -OCH3 is 1. The minimum absolute atomic E-state index is 0.0636. The Hall–Kier alpha value is -2.48. The van der Waals surface area contributed by atoms with Gasteiger partial charge in [-0.2, -0.15) is 4.98 Å². The summed E-state index contributed by atoms with van der Waals surface area (Å²) in [6.45, 7) is 3.90. The molecule has 3 rings (SSSR count). The number of carbonyl (C=O) groups is 1. The maximum absolute atomic E-state index is 12.7. The van der Waals surface area contributed by atoms with Gasteiger partial charge in [0, 0.05) is 44.9 Å². The van der Waals surface area contributed by atoms with Crippen molar-refractivity contribution in [2.75, 3.05) is 26.8 Å². The van der Waals surface area contributed by atoms with E-state index in [1.54, 1.807) is 31.2 Å². The van der Waals surface area contributed by atoms with Crippen LogP contribution >= 0.6 is 0 Å².